The standard InChI is InChI=1S/C31H30N2O3S/c1-23(26-20-19-25-13-10-14-27(25)21-26)32-31(34)29-17-8-9-18-30(29)33(22-24-11-4-2-5-12-24)37(35,36)28-15-6-3-7-16-28/h2-9,11-12,15-21,23H,10,13-14,22H2,1H3,(H,32,34)/t23-/m1/s1. The topological polar surface area (TPSA) is 66.5 Å². The summed E-state index contributed by atoms with van der Waals surface area (Å²) in [5, 5.41) is 3.09. The molecule has 0 saturated heterocycles. The molecule has 0 spiro atoms. The van der Waals surface area contributed by atoms with Crippen molar-refractivity contribution in [3.8, 4) is 0 Å². The SMILES string of the molecule is C[C@@H](NC(=O)c1ccccc1N(Cc1ccccc1)S(=O)(=O)c1ccccc1)c1ccc2c(c1)CCC2. The van der Waals surface area contributed by atoms with Crippen LogP contribution >= 0.6 is 0 Å². The fraction of sp³-hybridized carbons (Fsp3) is 0.194. The Balaban J connectivity index is 1.49. The molecule has 0 unspecified atom stereocenters. The zero-order valence-electron chi connectivity index (χ0n) is 20.8. The van der Waals surface area contributed by atoms with Crippen molar-refractivity contribution in [2.75, 3.05) is 4.31 Å². The van der Waals surface area contributed by atoms with Crippen molar-refractivity contribution in [2.24, 2.45) is 0 Å². The van der Waals surface area contributed by atoms with Gasteiger partial charge in [0, 0.05) is 0 Å². The average molecular weight is 511 g/mol. The van der Waals surface area contributed by atoms with Crippen molar-refractivity contribution in [3.05, 3.63) is 131 Å². The Kier molecular flexibility index (Phi) is 7.10. The fourth-order valence-electron chi connectivity index (χ4n) is 4.87. The molecule has 188 valence electrons. The van der Waals surface area contributed by atoms with Crippen LogP contribution in [0.4, 0.5) is 5.69 Å². The molecule has 5 nitrogen and oxygen atoms in total. The second kappa shape index (κ2) is 10.6. The summed E-state index contributed by atoms with van der Waals surface area (Å²) in [6, 6.07) is 30.8. The van der Waals surface area contributed by atoms with Gasteiger partial charge in [0.2, 0.25) is 0 Å². The predicted octanol–water partition coefficient (Wildman–Crippen LogP) is 6.06. The van der Waals surface area contributed by atoms with E-state index in [1.165, 1.54) is 21.9 Å². The molecule has 1 aliphatic carbocycles. The van der Waals surface area contributed by atoms with E-state index in [0.29, 0.717) is 11.3 Å². The molecular formula is C31H30N2O3S. The summed E-state index contributed by atoms with van der Waals surface area (Å²) in [4.78, 5) is 13.7. The lowest BCUT2D eigenvalue weighted by Crippen LogP contribution is -2.34. The van der Waals surface area contributed by atoms with E-state index in [0.717, 1.165) is 24.0 Å². The number of nitrogens with zero attached hydrogens (tertiary/aromatic N) is 1. The van der Waals surface area contributed by atoms with Crippen molar-refractivity contribution >= 4 is 21.6 Å². The number of hydrogen-bond donors (Lipinski definition) is 1. The number of rotatable bonds is 8. The summed E-state index contributed by atoms with van der Waals surface area (Å²) in [7, 11) is -3.94. The van der Waals surface area contributed by atoms with E-state index in [9.17, 15) is 13.2 Å². The van der Waals surface area contributed by atoms with E-state index in [2.05, 4.69) is 23.5 Å². The summed E-state index contributed by atoms with van der Waals surface area (Å²) in [6.07, 6.45) is 3.34. The Labute approximate surface area is 218 Å². The lowest BCUT2D eigenvalue weighted by molar-refractivity contribution is 0.0940. The first-order chi connectivity index (χ1) is 17.9. The number of nitrogens with one attached hydrogen (secondary N) is 1. The molecule has 0 aliphatic heterocycles. The van der Waals surface area contributed by atoms with Crippen LogP contribution in [0.1, 0.15) is 52.0 Å². The van der Waals surface area contributed by atoms with Gasteiger partial charge in [-0.05, 0) is 72.7 Å². The number of sulfonamides is 1. The van der Waals surface area contributed by atoms with Crippen molar-refractivity contribution in [1.29, 1.82) is 0 Å². The second-order valence-corrected chi connectivity index (χ2v) is 11.3. The molecule has 0 heterocycles. The highest BCUT2D eigenvalue weighted by Crippen LogP contribution is 2.30. The first-order valence-electron chi connectivity index (χ1n) is 12.6. The Morgan fingerprint density at radius 3 is 2.24 bits per heavy atom. The van der Waals surface area contributed by atoms with Gasteiger partial charge >= 0.3 is 0 Å². The number of carbonyl (C=O) groups excluding carboxylic acids is 1. The van der Waals surface area contributed by atoms with Crippen molar-refractivity contribution in [3.63, 3.8) is 0 Å². The summed E-state index contributed by atoms with van der Waals surface area (Å²) in [5.41, 5.74) is 5.25. The zero-order chi connectivity index (χ0) is 25.8. The molecule has 0 bridgehead atoms. The quantitative estimate of drug-likeness (QED) is 0.313. The minimum Gasteiger partial charge on any atom is -0.345 e. The smallest absolute Gasteiger partial charge is 0.264 e. The highest BCUT2D eigenvalue weighted by molar-refractivity contribution is 7.92. The van der Waals surface area contributed by atoms with Gasteiger partial charge < -0.3 is 5.32 Å². The van der Waals surface area contributed by atoms with Gasteiger partial charge in [0.25, 0.3) is 15.9 Å². The van der Waals surface area contributed by atoms with Crippen LogP contribution in [0.3, 0.4) is 0 Å². The summed E-state index contributed by atoms with van der Waals surface area (Å²) < 4.78 is 29.0. The van der Waals surface area contributed by atoms with E-state index in [1.807, 2.05) is 37.3 Å². The number of benzene rings is 4. The van der Waals surface area contributed by atoms with Crippen LogP contribution < -0.4 is 9.62 Å². The van der Waals surface area contributed by atoms with Gasteiger partial charge in [0.1, 0.15) is 0 Å². The predicted molar refractivity (Wildman–Crippen MR) is 147 cm³/mol. The fourth-order valence-corrected chi connectivity index (χ4v) is 6.36. The molecule has 1 amide bonds. The number of hydrogen-bond acceptors (Lipinski definition) is 3. The normalized spacial score (nSPS) is 13.5. The summed E-state index contributed by atoms with van der Waals surface area (Å²) >= 11 is 0. The van der Waals surface area contributed by atoms with E-state index in [4.69, 9.17) is 0 Å². The molecule has 6 heteroatoms. The summed E-state index contributed by atoms with van der Waals surface area (Å²) in [5.74, 6) is -0.315. The molecule has 4 aromatic carbocycles. The largest absolute Gasteiger partial charge is 0.345 e. The minimum atomic E-state index is -3.94. The highest BCUT2D eigenvalue weighted by atomic mass is 32.2. The third kappa shape index (κ3) is 5.30. The van der Waals surface area contributed by atoms with Gasteiger partial charge in [-0.2, -0.15) is 0 Å². The van der Waals surface area contributed by atoms with Crippen molar-refractivity contribution in [1.82, 2.24) is 5.32 Å². The lowest BCUT2D eigenvalue weighted by Gasteiger charge is -2.27. The molecule has 0 saturated carbocycles. The van der Waals surface area contributed by atoms with Gasteiger partial charge in [-0.25, -0.2) is 8.42 Å². The molecule has 5 rings (SSSR count). The Morgan fingerprint density at radius 1 is 0.838 bits per heavy atom. The third-order valence-electron chi connectivity index (χ3n) is 6.89. The molecule has 0 radical (unpaired) electrons. The van der Waals surface area contributed by atoms with Crippen LogP contribution in [-0.2, 0) is 29.4 Å². The van der Waals surface area contributed by atoms with E-state index in [1.54, 1.807) is 54.6 Å². The Morgan fingerprint density at radius 2 is 1.49 bits per heavy atom. The zero-order valence-corrected chi connectivity index (χ0v) is 21.6. The van der Waals surface area contributed by atoms with E-state index in [-0.39, 0.29) is 23.4 Å². The number of fused-ring (bicyclic) bond motifs is 1. The minimum absolute atomic E-state index is 0.0999. The van der Waals surface area contributed by atoms with Crippen LogP contribution in [0.2, 0.25) is 0 Å². The average Bonchev–Trinajstić information content (AvgIpc) is 3.41. The van der Waals surface area contributed by atoms with Gasteiger partial charge in [-0.3, -0.25) is 9.10 Å². The second-order valence-electron chi connectivity index (χ2n) is 9.40. The lowest BCUT2D eigenvalue weighted by atomic mass is 10.0. The number of para-hydroxylation sites is 1. The van der Waals surface area contributed by atoms with Gasteiger partial charge in [-0.15, -0.1) is 0 Å². The van der Waals surface area contributed by atoms with Gasteiger partial charge in [-0.1, -0.05) is 78.9 Å². The number of carbonyl (C=O) groups is 1. The highest BCUT2D eigenvalue weighted by Gasteiger charge is 2.29. The summed E-state index contributed by atoms with van der Waals surface area (Å²) in [6.45, 7) is 2.06. The molecule has 0 fully saturated rings. The number of anilines is 1. The Hall–Kier alpha value is -3.90. The van der Waals surface area contributed by atoms with E-state index < -0.39 is 10.0 Å². The van der Waals surface area contributed by atoms with Gasteiger partial charge in [0.05, 0.1) is 28.7 Å². The molecule has 37 heavy (non-hydrogen) atoms. The van der Waals surface area contributed by atoms with Crippen LogP contribution in [0.5, 0.6) is 0 Å². The first kappa shape index (κ1) is 24.8. The molecular weight excluding hydrogens is 480 g/mol. The molecule has 4 aromatic rings. The van der Waals surface area contributed by atoms with Crippen LogP contribution in [0.15, 0.2) is 108 Å². The maximum absolute atomic E-state index is 13.9. The maximum Gasteiger partial charge on any atom is 0.264 e. The maximum atomic E-state index is 13.9. The molecule has 1 atom stereocenters. The Bertz CT molecular complexity index is 1500. The van der Waals surface area contributed by atoms with E-state index >= 15 is 0 Å². The first-order valence-corrected chi connectivity index (χ1v) is 14.0. The van der Waals surface area contributed by atoms with Gasteiger partial charge in [0.15, 0.2) is 0 Å². The van der Waals surface area contributed by atoms with Crippen LogP contribution in [0.25, 0.3) is 0 Å². The molecule has 0 aromatic heterocycles. The third-order valence-corrected chi connectivity index (χ3v) is 8.66. The van der Waals surface area contributed by atoms with Crippen LogP contribution in [0, 0.1) is 0 Å². The molecule has 1 aliphatic rings. The van der Waals surface area contributed by atoms with Crippen molar-refractivity contribution < 1.29 is 13.2 Å². The van der Waals surface area contributed by atoms with Crippen LogP contribution in [-0.4, -0.2) is 14.3 Å². The molecule has 1 N–H and O–H groups in total. The number of amides is 1. The monoisotopic (exact) mass is 510 g/mol. The van der Waals surface area contributed by atoms with Crippen molar-refractivity contribution in [2.45, 2.75) is 43.7 Å². The number of aryl methyl sites for hydroxylation is 2.